The van der Waals surface area contributed by atoms with E-state index in [-0.39, 0.29) is 11.9 Å². The molecule has 2 aliphatic rings. The van der Waals surface area contributed by atoms with E-state index in [0.29, 0.717) is 44.4 Å². The van der Waals surface area contributed by atoms with Crippen LogP contribution >= 0.6 is 27.5 Å². The lowest BCUT2D eigenvalue weighted by atomic mass is 9.95. The summed E-state index contributed by atoms with van der Waals surface area (Å²) in [6.45, 7) is 5.56. The van der Waals surface area contributed by atoms with Crippen molar-refractivity contribution in [2.75, 3.05) is 32.8 Å². The fourth-order valence-electron chi connectivity index (χ4n) is 7.52. The molecule has 0 bridgehead atoms. The summed E-state index contributed by atoms with van der Waals surface area (Å²) in [4.78, 5) is 43.9. The summed E-state index contributed by atoms with van der Waals surface area (Å²) in [6, 6.07) is 17.4. The van der Waals surface area contributed by atoms with Crippen molar-refractivity contribution in [3.63, 3.8) is 0 Å². The summed E-state index contributed by atoms with van der Waals surface area (Å²) in [6.07, 6.45) is 16.0. The van der Waals surface area contributed by atoms with E-state index in [1.807, 2.05) is 58.3 Å². The number of fused-ring (bicyclic) bond motifs is 2. The average Bonchev–Trinajstić information content (AvgIpc) is 3.63. The van der Waals surface area contributed by atoms with Gasteiger partial charge in [-0.2, -0.15) is 0 Å². The molecular formula is C41H50BrClN6O3. The van der Waals surface area contributed by atoms with Gasteiger partial charge in [0, 0.05) is 67.4 Å². The van der Waals surface area contributed by atoms with Crippen molar-refractivity contribution in [3.05, 3.63) is 117 Å². The average molecular weight is 790 g/mol. The number of carbonyl (C=O) groups excluding carboxylic acids is 2. The molecule has 0 radical (unpaired) electrons. The molecule has 11 heteroatoms. The Labute approximate surface area is 321 Å². The zero-order valence-corrected chi connectivity index (χ0v) is 32.5. The van der Waals surface area contributed by atoms with Crippen LogP contribution in [0.1, 0.15) is 85.9 Å². The normalized spacial score (nSPS) is 17.2. The number of imidazole rings is 1. The van der Waals surface area contributed by atoms with Crippen molar-refractivity contribution in [2.24, 2.45) is 0 Å². The third-order valence-corrected chi connectivity index (χ3v) is 10.9. The Morgan fingerprint density at radius 1 is 0.981 bits per heavy atom. The maximum absolute atomic E-state index is 15.0. The quantitative estimate of drug-likeness (QED) is 0.112. The Morgan fingerprint density at radius 3 is 2.60 bits per heavy atom. The first-order chi connectivity index (χ1) is 25.4. The number of unbranched alkanes of at least 4 members (excludes halogenated alkanes) is 5. The molecule has 2 amide bonds. The van der Waals surface area contributed by atoms with Gasteiger partial charge in [-0.05, 0) is 82.1 Å². The molecule has 276 valence electrons. The van der Waals surface area contributed by atoms with Crippen LogP contribution < -0.4 is 0 Å². The first-order valence-corrected chi connectivity index (χ1v) is 20.0. The zero-order valence-electron chi connectivity index (χ0n) is 30.1. The van der Waals surface area contributed by atoms with Gasteiger partial charge in [0.1, 0.15) is 6.04 Å². The van der Waals surface area contributed by atoms with Crippen molar-refractivity contribution >= 4 is 39.5 Å². The smallest absolute Gasteiger partial charge is 0.410 e. The van der Waals surface area contributed by atoms with Crippen LogP contribution in [0.4, 0.5) is 4.79 Å². The van der Waals surface area contributed by atoms with Gasteiger partial charge < -0.3 is 14.2 Å². The molecular weight excluding hydrogens is 740 g/mol. The van der Waals surface area contributed by atoms with Crippen LogP contribution in [0.3, 0.4) is 0 Å². The van der Waals surface area contributed by atoms with Gasteiger partial charge in [-0.25, -0.2) is 9.78 Å². The van der Waals surface area contributed by atoms with E-state index in [1.165, 1.54) is 30.4 Å². The number of aromatic nitrogens is 3. The van der Waals surface area contributed by atoms with Crippen LogP contribution in [-0.2, 0) is 35.5 Å². The Balaban J connectivity index is 1.29. The molecule has 52 heavy (non-hydrogen) atoms. The predicted octanol–water partition coefficient (Wildman–Crippen LogP) is 8.48. The van der Waals surface area contributed by atoms with E-state index in [2.05, 4.69) is 50.9 Å². The second-order valence-corrected chi connectivity index (χ2v) is 15.3. The summed E-state index contributed by atoms with van der Waals surface area (Å²) in [7, 11) is 0. The summed E-state index contributed by atoms with van der Waals surface area (Å²) < 4.78 is 8.85. The van der Waals surface area contributed by atoms with Crippen LogP contribution in [-0.4, -0.2) is 80.1 Å². The Bertz CT molecular complexity index is 1700. The van der Waals surface area contributed by atoms with Crippen molar-refractivity contribution in [3.8, 4) is 0 Å². The molecule has 3 heterocycles. The maximum Gasteiger partial charge on any atom is 0.410 e. The van der Waals surface area contributed by atoms with E-state index in [1.54, 1.807) is 17.4 Å². The minimum Gasteiger partial charge on any atom is -0.449 e. The van der Waals surface area contributed by atoms with Gasteiger partial charge >= 0.3 is 6.09 Å². The molecule has 9 nitrogen and oxygen atoms in total. The second kappa shape index (κ2) is 18.9. The fourth-order valence-corrected chi connectivity index (χ4v) is 8.09. The van der Waals surface area contributed by atoms with Crippen molar-refractivity contribution in [1.82, 2.24) is 29.2 Å². The molecule has 4 aromatic rings. The van der Waals surface area contributed by atoms with Gasteiger partial charge in [-0.15, -0.1) is 0 Å². The number of piperazine rings is 1. The summed E-state index contributed by atoms with van der Waals surface area (Å²) in [5, 5.41) is 0.704. The predicted molar refractivity (Wildman–Crippen MR) is 208 cm³/mol. The third kappa shape index (κ3) is 9.82. The number of benzene rings is 2. The lowest BCUT2D eigenvalue weighted by Crippen LogP contribution is -2.61. The molecule has 1 aliphatic heterocycles. The maximum atomic E-state index is 15.0. The van der Waals surface area contributed by atoms with Crippen LogP contribution in [0.5, 0.6) is 0 Å². The molecule has 1 saturated heterocycles. The Hall–Kier alpha value is -3.73. The highest BCUT2D eigenvalue weighted by molar-refractivity contribution is 9.10. The number of hydrogen-bond donors (Lipinski definition) is 0. The number of halogens is 2. The summed E-state index contributed by atoms with van der Waals surface area (Å²) >= 11 is 10.2. The molecule has 1 fully saturated rings. The number of carbonyl (C=O) groups is 2. The van der Waals surface area contributed by atoms with Crippen molar-refractivity contribution < 1.29 is 14.3 Å². The highest BCUT2D eigenvalue weighted by Gasteiger charge is 2.42. The monoisotopic (exact) mass is 788 g/mol. The number of amides is 2. The lowest BCUT2D eigenvalue weighted by Gasteiger charge is -2.44. The molecule has 0 N–H and O–H groups in total. The molecule has 0 spiro atoms. The van der Waals surface area contributed by atoms with Crippen LogP contribution in [0.15, 0.2) is 84.0 Å². The van der Waals surface area contributed by atoms with Crippen molar-refractivity contribution in [1.29, 1.82) is 0 Å². The lowest BCUT2D eigenvalue weighted by molar-refractivity contribution is -0.140. The number of pyridine rings is 1. The molecule has 2 atom stereocenters. The zero-order chi connectivity index (χ0) is 36.3. The van der Waals surface area contributed by atoms with Gasteiger partial charge in [0.15, 0.2) is 0 Å². The van der Waals surface area contributed by atoms with E-state index in [4.69, 9.17) is 21.3 Å². The van der Waals surface area contributed by atoms with E-state index >= 15 is 0 Å². The number of nitrogens with zero attached hydrogens (tertiary/aromatic N) is 6. The van der Waals surface area contributed by atoms with E-state index < -0.39 is 12.1 Å². The topological polar surface area (TPSA) is 83.8 Å². The Kier molecular flexibility index (Phi) is 13.8. The van der Waals surface area contributed by atoms with E-state index in [0.717, 1.165) is 66.4 Å². The van der Waals surface area contributed by atoms with Gasteiger partial charge in [-0.3, -0.25) is 19.6 Å². The first-order valence-electron chi connectivity index (χ1n) is 18.8. The second-order valence-electron chi connectivity index (χ2n) is 13.9. The van der Waals surface area contributed by atoms with Crippen LogP contribution in [0.2, 0.25) is 5.02 Å². The number of aryl methyl sites for hydroxylation is 3. The summed E-state index contributed by atoms with van der Waals surface area (Å²) in [5.74, 6) is -0.0790. The van der Waals surface area contributed by atoms with Gasteiger partial charge in [0.05, 0.1) is 24.7 Å². The van der Waals surface area contributed by atoms with Crippen LogP contribution in [0.25, 0.3) is 0 Å². The fraction of sp³-hybridized carbons (Fsp3) is 0.463. The molecule has 2 aromatic heterocycles. The van der Waals surface area contributed by atoms with Gasteiger partial charge in [0.2, 0.25) is 5.91 Å². The highest BCUT2D eigenvalue weighted by Crippen LogP contribution is 2.39. The highest BCUT2D eigenvalue weighted by atomic mass is 79.9. The molecule has 1 aliphatic carbocycles. The first kappa shape index (κ1) is 38.0. The summed E-state index contributed by atoms with van der Waals surface area (Å²) in [5.41, 5.74) is 5.52. The van der Waals surface area contributed by atoms with Gasteiger partial charge in [-0.1, -0.05) is 87.0 Å². The number of ether oxygens (including phenoxy) is 1. The minimum atomic E-state index is -0.735. The number of rotatable bonds is 15. The molecule has 0 saturated carbocycles. The standard InChI is InChI=1S/C41H50BrClN6O3/c1-2-3-4-5-6-10-24-52-41(51)49-23-22-47(39-36-17-16-35(43)26-32(36)14-15-33-25-34(42)27-45-38(33)39)29-37(49)40(50)48(28-31-12-8-7-9-13-31)20-11-19-46-21-18-44-30-46/h7-9,12-13,16-18,21,25-27,30,37,39H,2-6,10-11,14-15,19-20,22-24,28-29H2,1H3/t37-,39+/m1/s1. The molecule has 6 rings (SSSR count). The SMILES string of the molecule is CCCCCCCCOC(=O)N1CCN([C@H]2c3ccc(Cl)cc3CCc3cc(Br)cnc32)C[C@@H]1C(=O)N(CCCn1ccnc1)Cc1ccccc1. The van der Waals surface area contributed by atoms with E-state index in [9.17, 15) is 9.59 Å². The molecule has 0 unspecified atom stereocenters. The van der Waals surface area contributed by atoms with Crippen LogP contribution in [0, 0.1) is 0 Å². The van der Waals surface area contributed by atoms with Gasteiger partial charge in [0.25, 0.3) is 0 Å². The Morgan fingerprint density at radius 2 is 1.79 bits per heavy atom. The third-order valence-electron chi connectivity index (χ3n) is 10.2. The number of hydrogen-bond acceptors (Lipinski definition) is 6. The largest absolute Gasteiger partial charge is 0.449 e. The minimum absolute atomic E-state index is 0.0790. The van der Waals surface area contributed by atoms with Crippen molar-refractivity contribution in [2.45, 2.75) is 89.9 Å². The molecule has 2 aromatic carbocycles.